The van der Waals surface area contributed by atoms with Crippen molar-refractivity contribution in [3.63, 3.8) is 0 Å². The van der Waals surface area contributed by atoms with E-state index in [1.807, 2.05) is 11.8 Å². The first-order valence-electron chi connectivity index (χ1n) is 8.73. The number of aromatic nitrogens is 2. The largest absolute Gasteiger partial charge is 0.337 e. The van der Waals surface area contributed by atoms with Gasteiger partial charge in [0.1, 0.15) is 0 Å². The van der Waals surface area contributed by atoms with Gasteiger partial charge in [-0.3, -0.25) is 14.8 Å². The normalized spacial score (nSPS) is 26.2. The predicted molar refractivity (Wildman–Crippen MR) is 97.8 cm³/mol. The van der Waals surface area contributed by atoms with Crippen LogP contribution < -0.4 is 0 Å². The summed E-state index contributed by atoms with van der Waals surface area (Å²) in [5.41, 5.74) is 3.78. The molecule has 2 aliphatic heterocycles. The highest BCUT2D eigenvalue weighted by Gasteiger charge is 2.48. The van der Waals surface area contributed by atoms with Gasteiger partial charge in [0, 0.05) is 31.6 Å². The van der Waals surface area contributed by atoms with Gasteiger partial charge in [0.2, 0.25) is 0 Å². The third-order valence-electron chi connectivity index (χ3n) is 5.76. The SMILES string of the molecule is Cc1ccccc1[C@@H]1[C@@H]2CN(C(=O)c3n[nH]c(C)c3Cl)C[C@@H]2CN1C. The highest BCUT2D eigenvalue weighted by atomic mass is 35.5. The van der Waals surface area contributed by atoms with Crippen molar-refractivity contribution in [1.29, 1.82) is 0 Å². The Hall–Kier alpha value is -1.85. The summed E-state index contributed by atoms with van der Waals surface area (Å²) in [4.78, 5) is 17.2. The molecule has 5 nitrogen and oxygen atoms in total. The van der Waals surface area contributed by atoms with Crippen LogP contribution in [0.2, 0.25) is 5.02 Å². The highest BCUT2D eigenvalue weighted by molar-refractivity contribution is 6.34. The summed E-state index contributed by atoms with van der Waals surface area (Å²) in [6.07, 6.45) is 0. The van der Waals surface area contributed by atoms with Crippen molar-refractivity contribution in [1.82, 2.24) is 20.0 Å². The molecule has 1 aromatic carbocycles. The fraction of sp³-hybridized carbons (Fsp3) is 0.474. The number of hydrogen-bond acceptors (Lipinski definition) is 3. The van der Waals surface area contributed by atoms with Gasteiger partial charge >= 0.3 is 0 Å². The number of hydrogen-bond donors (Lipinski definition) is 1. The minimum atomic E-state index is -0.0602. The van der Waals surface area contributed by atoms with Gasteiger partial charge in [0.05, 0.1) is 10.7 Å². The van der Waals surface area contributed by atoms with Crippen LogP contribution in [0.25, 0.3) is 0 Å². The number of halogens is 1. The van der Waals surface area contributed by atoms with Gasteiger partial charge in [-0.2, -0.15) is 5.10 Å². The van der Waals surface area contributed by atoms with E-state index in [4.69, 9.17) is 11.6 Å². The van der Waals surface area contributed by atoms with Gasteiger partial charge in [-0.15, -0.1) is 0 Å². The van der Waals surface area contributed by atoms with Crippen molar-refractivity contribution in [2.45, 2.75) is 19.9 Å². The van der Waals surface area contributed by atoms with E-state index < -0.39 is 0 Å². The molecule has 0 unspecified atom stereocenters. The molecule has 2 aromatic rings. The lowest BCUT2D eigenvalue weighted by atomic mass is 9.88. The molecule has 0 saturated carbocycles. The number of rotatable bonds is 2. The molecule has 0 radical (unpaired) electrons. The molecule has 1 amide bonds. The van der Waals surface area contributed by atoms with E-state index in [0.29, 0.717) is 28.6 Å². The van der Waals surface area contributed by atoms with E-state index in [1.165, 1.54) is 11.1 Å². The molecule has 132 valence electrons. The van der Waals surface area contributed by atoms with Crippen LogP contribution >= 0.6 is 11.6 Å². The van der Waals surface area contributed by atoms with Gasteiger partial charge in [0.15, 0.2) is 5.69 Å². The smallest absolute Gasteiger partial charge is 0.275 e. The van der Waals surface area contributed by atoms with Crippen molar-refractivity contribution in [2.24, 2.45) is 11.8 Å². The predicted octanol–water partition coefficient (Wildman–Crippen LogP) is 3.05. The van der Waals surface area contributed by atoms with Gasteiger partial charge in [0.25, 0.3) is 5.91 Å². The molecule has 0 spiro atoms. The van der Waals surface area contributed by atoms with Gasteiger partial charge < -0.3 is 4.90 Å². The number of aryl methyl sites for hydroxylation is 2. The number of aromatic amines is 1. The van der Waals surface area contributed by atoms with E-state index in [-0.39, 0.29) is 5.91 Å². The number of nitrogens with one attached hydrogen (secondary N) is 1. The van der Waals surface area contributed by atoms with E-state index >= 15 is 0 Å². The summed E-state index contributed by atoms with van der Waals surface area (Å²) in [7, 11) is 2.19. The zero-order valence-corrected chi connectivity index (χ0v) is 15.5. The lowest BCUT2D eigenvalue weighted by Gasteiger charge is -2.28. The van der Waals surface area contributed by atoms with E-state index in [1.54, 1.807) is 0 Å². The fourth-order valence-corrected chi connectivity index (χ4v) is 4.68. The van der Waals surface area contributed by atoms with Crippen molar-refractivity contribution in [3.8, 4) is 0 Å². The van der Waals surface area contributed by atoms with Gasteiger partial charge in [-0.1, -0.05) is 35.9 Å². The summed E-state index contributed by atoms with van der Waals surface area (Å²) < 4.78 is 0. The molecule has 6 heteroatoms. The topological polar surface area (TPSA) is 52.2 Å². The fourth-order valence-electron chi connectivity index (χ4n) is 4.52. The summed E-state index contributed by atoms with van der Waals surface area (Å²) >= 11 is 6.22. The number of likely N-dealkylation sites (tertiary alicyclic amines) is 2. The van der Waals surface area contributed by atoms with Crippen molar-refractivity contribution in [3.05, 3.63) is 51.8 Å². The molecule has 3 heterocycles. The summed E-state index contributed by atoms with van der Waals surface area (Å²) in [6, 6.07) is 8.93. The second-order valence-corrected chi connectivity index (χ2v) is 7.76. The lowest BCUT2D eigenvalue weighted by molar-refractivity contribution is 0.0762. The molecule has 1 N–H and O–H groups in total. The molecule has 25 heavy (non-hydrogen) atoms. The number of benzene rings is 1. The van der Waals surface area contributed by atoms with Crippen LogP contribution in [0, 0.1) is 25.7 Å². The second kappa shape index (κ2) is 6.15. The third-order valence-corrected chi connectivity index (χ3v) is 6.23. The van der Waals surface area contributed by atoms with Crippen LogP contribution in [0.1, 0.15) is 33.4 Å². The zero-order valence-electron chi connectivity index (χ0n) is 14.8. The molecular formula is C19H23ClN4O. The average molecular weight is 359 g/mol. The first kappa shape index (κ1) is 16.6. The Morgan fingerprint density at radius 1 is 1.24 bits per heavy atom. The summed E-state index contributed by atoms with van der Waals surface area (Å²) in [6.45, 7) is 6.54. The van der Waals surface area contributed by atoms with Crippen molar-refractivity contribution in [2.75, 3.05) is 26.7 Å². The standard InChI is InChI=1S/C19H23ClN4O/c1-11-6-4-5-7-14(11)18-15-10-24(9-13(15)8-23(18)3)19(25)17-16(20)12(2)21-22-17/h4-7,13,15,18H,8-10H2,1-3H3,(H,21,22)/t13-,15+,18+/m0/s1. The average Bonchev–Trinajstić information content (AvgIpc) is 3.22. The number of nitrogens with zero attached hydrogens (tertiary/aromatic N) is 3. The maximum absolute atomic E-state index is 12.8. The molecule has 4 rings (SSSR count). The van der Waals surface area contributed by atoms with E-state index in [2.05, 4.69) is 53.3 Å². The third kappa shape index (κ3) is 2.66. The monoisotopic (exact) mass is 358 g/mol. The van der Waals surface area contributed by atoms with Crippen LogP contribution in [0.15, 0.2) is 24.3 Å². The molecule has 3 atom stereocenters. The second-order valence-electron chi connectivity index (χ2n) is 7.39. The number of H-pyrrole nitrogens is 1. The Morgan fingerprint density at radius 2 is 2.00 bits per heavy atom. The highest BCUT2D eigenvalue weighted by Crippen LogP contribution is 2.45. The Bertz CT molecular complexity index is 818. The van der Waals surface area contributed by atoms with Crippen LogP contribution in [0.4, 0.5) is 0 Å². The summed E-state index contributed by atoms with van der Waals surface area (Å²) in [5, 5.41) is 7.34. The Balaban J connectivity index is 1.58. The number of carbonyl (C=O) groups is 1. The number of carbonyl (C=O) groups excluding carboxylic acids is 1. The zero-order chi connectivity index (χ0) is 17.7. The van der Waals surface area contributed by atoms with Gasteiger partial charge in [-0.25, -0.2) is 0 Å². The Labute approximate surface area is 153 Å². The molecular weight excluding hydrogens is 336 g/mol. The van der Waals surface area contributed by atoms with Crippen LogP contribution in [-0.2, 0) is 0 Å². The van der Waals surface area contributed by atoms with Crippen LogP contribution in [0.3, 0.4) is 0 Å². The Morgan fingerprint density at radius 3 is 2.68 bits per heavy atom. The van der Waals surface area contributed by atoms with Crippen LogP contribution in [0.5, 0.6) is 0 Å². The van der Waals surface area contributed by atoms with Crippen molar-refractivity contribution < 1.29 is 4.79 Å². The maximum Gasteiger partial charge on any atom is 0.275 e. The molecule has 2 saturated heterocycles. The minimum absolute atomic E-state index is 0.0602. The minimum Gasteiger partial charge on any atom is -0.337 e. The van der Waals surface area contributed by atoms with Gasteiger partial charge in [-0.05, 0) is 37.9 Å². The number of amides is 1. The first-order valence-corrected chi connectivity index (χ1v) is 9.10. The Kier molecular flexibility index (Phi) is 4.08. The quantitative estimate of drug-likeness (QED) is 0.897. The van der Waals surface area contributed by atoms with Crippen molar-refractivity contribution >= 4 is 17.5 Å². The lowest BCUT2D eigenvalue weighted by Crippen LogP contribution is -2.34. The van der Waals surface area contributed by atoms with Crippen LogP contribution in [-0.4, -0.2) is 52.6 Å². The summed E-state index contributed by atoms with van der Waals surface area (Å²) in [5.74, 6) is 0.890. The molecule has 2 aliphatic rings. The molecule has 1 aromatic heterocycles. The van der Waals surface area contributed by atoms with E-state index in [0.717, 1.165) is 25.3 Å². The molecule has 2 fully saturated rings. The number of fused-ring (bicyclic) bond motifs is 1. The van der Waals surface area contributed by atoms with E-state index in [9.17, 15) is 4.79 Å². The first-order chi connectivity index (χ1) is 12.0. The molecule has 0 bridgehead atoms. The molecule has 0 aliphatic carbocycles. The maximum atomic E-state index is 12.8.